The van der Waals surface area contributed by atoms with Crippen molar-refractivity contribution in [2.45, 2.75) is 37.6 Å². The first-order valence-corrected chi connectivity index (χ1v) is 10.7. The molecule has 2 unspecified atom stereocenters. The number of nitrogens with zero attached hydrogens (tertiary/aromatic N) is 1. The maximum atomic E-state index is 13.0. The Morgan fingerprint density at radius 3 is 2.46 bits per heavy atom. The van der Waals surface area contributed by atoms with Gasteiger partial charge in [0.1, 0.15) is 4.21 Å². The number of amides is 2. The molecule has 1 saturated heterocycles. The Morgan fingerprint density at radius 2 is 1.92 bits per heavy atom. The molecule has 2 N–H and O–H groups in total. The number of thiophene rings is 1. The summed E-state index contributed by atoms with van der Waals surface area (Å²) in [5, 5.41) is 5.56. The Kier molecular flexibility index (Phi) is 6.59. The minimum absolute atomic E-state index is 0.0174. The van der Waals surface area contributed by atoms with Gasteiger partial charge in [0.25, 0.3) is 10.0 Å². The van der Waals surface area contributed by atoms with Gasteiger partial charge in [-0.1, -0.05) is 20.4 Å². The minimum atomic E-state index is -3.60. The fraction of sp³-hybridized carbons (Fsp3) is 0.529. The highest BCUT2D eigenvalue weighted by Crippen LogP contribution is 2.30. The van der Waals surface area contributed by atoms with Crippen LogP contribution in [-0.2, 0) is 26.2 Å². The van der Waals surface area contributed by atoms with Crippen LogP contribution in [0.1, 0.15) is 25.6 Å². The molecule has 0 bridgehead atoms. The van der Waals surface area contributed by atoms with Crippen molar-refractivity contribution in [3.05, 3.63) is 29.7 Å². The number of carbonyl (C=O) groups excluding carboxylic acids is 2. The number of sulfonamides is 1. The summed E-state index contributed by atoms with van der Waals surface area (Å²) < 4.78 is 27.7. The molecule has 0 spiro atoms. The number of piperidine rings is 1. The average molecular weight is 400 g/mol. The second kappa shape index (κ2) is 8.32. The molecule has 1 aromatic heterocycles. The van der Waals surface area contributed by atoms with Crippen molar-refractivity contribution >= 4 is 33.2 Å². The predicted molar refractivity (Wildman–Crippen MR) is 101 cm³/mol. The van der Waals surface area contributed by atoms with Gasteiger partial charge in [0, 0.05) is 30.9 Å². The fourth-order valence-corrected chi connectivity index (χ4v) is 6.23. The molecule has 2 atom stereocenters. The Balaban J connectivity index is 2.11. The number of rotatable bonds is 6. The molecule has 9 heteroatoms. The molecule has 0 aliphatic carbocycles. The van der Waals surface area contributed by atoms with E-state index in [4.69, 9.17) is 0 Å². The van der Waals surface area contributed by atoms with Crippen molar-refractivity contribution in [2.24, 2.45) is 11.8 Å². The maximum Gasteiger partial charge on any atom is 0.252 e. The van der Waals surface area contributed by atoms with E-state index in [1.54, 1.807) is 12.1 Å². The second-order valence-electron chi connectivity index (χ2n) is 6.65. The molecule has 1 aromatic rings. The first-order valence-electron chi connectivity index (χ1n) is 8.41. The Labute approximate surface area is 158 Å². The summed E-state index contributed by atoms with van der Waals surface area (Å²) in [6.07, 6.45) is 1.23. The van der Waals surface area contributed by atoms with Gasteiger partial charge in [-0.15, -0.1) is 11.3 Å². The van der Waals surface area contributed by atoms with E-state index in [0.29, 0.717) is 19.6 Å². The van der Waals surface area contributed by atoms with E-state index in [0.717, 1.165) is 4.88 Å². The van der Waals surface area contributed by atoms with Crippen molar-refractivity contribution in [1.29, 1.82) is 0 Å². The molecule has 1 fully saturated rings. The van der Waals surface area contributed by atoms with Crippen molar-refractivity contribution in [3.8, 4) is 0 Å². The quantitative estimate of drug-likeness (QED) is 0.706. The summed E-state index contributed by atoms with van der Waals surface area (Å²) in [6.45, 7) is 9.74. The highest BCUT2D eigenvalue weighted by atomic mass is 32.2. The van der Waals surface area contributed by atoms with Crippen molar-refractivity contribution in [1.82, 2.24) is 14.9 Å². The van der Waals surface area contributed by atoms with Gasteiger partial charge >= 0.3 is 0 Å². The zero-order valence-corrected chi connectivity index (χ0v) is 16.8. The van der Waals surface area contributed by atoms with Crippen molar-refractivity contribution in [3.63, 3.8) is 0 Å². The number of hydrogen-bond donors (Lipinski definition) is 2. The third-order valence-electron chi connectivity index (χ3n) is 4.45. The lowest BCUT2D eigenvalue weighted by molar-refractivity contribution is -0.119. The van der Waals surface area contributed by atoms with Crippen molar-refractivity contribution < 1.29 is 18.0 Å². The third-order valence-corrected chi connectivity index (χ3v) is 7.83. The molecule has 144 valence electrons. The topological polar surface area (TPSA) is 95.6 Å². The van der Waals surface area contributed by atoms with Crippen LogP contribution in [0.4, 0.5) is 0 Å². The number of carbonyl (C=O) groups is 2. The summed E-state index contributed by atoms with van der Waals surface area (Å²) in [7, 11) is -3.60. The lowest BCUT2D eigenvalue weighted by Crippen LogP contribution is -2.55. The molecule has 1 aliphatic rings. The van der Waals surface area contributed by atoms with E-state index >= 15 is 0 Å². The van der Waals surface area contributed by atoms with Gasteiger partial charge in [-0.3, -0.25) is 9.59 Å². The van der Waals surface area contributed by atoms with Crippen LogP contribution in [0.3, 0.4) is 0 Å². The zero-order chi connectivity index (χ0) is 19.5. The van der Waals surface area contributed by atoms with Crippen molar-refractivity contribution in [2.75, 3.05) is 13.1 Å². The predicted octanol–water partition coefficient (Wildman–Crippen LogP) is 1.33. The standard InChI is InChI=1S/C17H25N3O4S2/c1-5-15(22)19-17-11(2)9-20(10-12(17)3)26(23,24)16-7-6-14(25-16)8-18-13(4)21/h5-7,11-12,17H,1,8-10H2,2-4H3,(H,18,21)(H,19,22). The molecular weight excluding hydrogens is 374 g/mol. The monoisotopic (exact) mass is 399 g/mol. The summed E-state index contributed by atoms with van der Waals surface area (Å²) in [4.78, 5) is 23.4. The number of nitrogens with one attached hydrogen (secondary N) is 2. The SMILES string of the molecule is C=CC(=O)NC1C(C)CN(S(=O)(=O)c2ccc(CNC(C)=O)s2)CC1C. The van der Waals surface area contributed by atoms with Crippen LogP contribution in [0.5, 0.6) is 0 Å². The molecular formula is C17H25N3O4S2. The minimum Gasteiger partial charge on any atom is -0.351 e. The van der Waals surface area contributed by atoms with E-state index in [1.807, 2.05) is 13.8 Å². The molecule has 2 rings (SSSR count). The Morgan fingerprint density at radius 1 is 1.31 bits per heavy atom. The van der Waals surface area contributed by atoms with Gasteiger partial charge < -0.3 is 10.6 Å². The van der Waals surface area contributed by atoms with Gasteiger partial charge in [0.05, 0.1) is 6.54 Å². The van der Waals surface area contributed by atoms with Gasteiger partial charge in [0.15, 0.2) is 0 Å². The van der Waals surface area contributed by atoms with E-state index in [2.05, 4.69) is 17.2 Å². The van der Waals surface area contributed by atoms with Crippen LogP contribution < -0.4 is 10.6 Å². The number of hydrogen-bond acceptors (Lipinski definition) is 5. The summed E-state index contributed by atoms with van der Waals surface area (Å²) in [5.41, 5.74) is 0. The van der Waals surface area contributed by atoms with Crippen LogP contribution in [0, 0.1) is 11.8 Å². The lowest BCUT2D eigenvalue weighted by Gasteiger charge is -2.40. The van der Waals surface area contributed by atoms with Gasteiger partial charge in [-0.25, -0.2) is 8.42 Å². The van der Waals surface area contributed by atoms with E-state index in [1.165, 1.54) is 28.6 Å². The summed E-state index contributed by atoms with van der Waals surface area (Å²) in [5.74, 6) is -0.438. The molecule has 0 radical (unpaired) electrons. The molecule has 2 heterocycles. The molecule has 1 aliphatic heterocycles. The second-order valence-corrected chi connectivity index (χ2v) is 9.98. The summed E-state index contributed by atoms with van der Waals surface area (Å²) in [6, 6.07) is 3.21. The van der Waals surface area contributed by atoms with Crippen LogP contribution in [-0.4, -0.2) is 43.7 Å². The highest BCUT2D eigenvalue weighted by Gasteiger charge is 2.38. The normalized spacial score (nSPS) is 24.0. The lowest BCUT2D eigenvalue weighted by atomic mass is 9.87. The molecule has 2 amide bonds. The zero-order valence-electron chi connectivity index (χ0n) is 15.2. The maximum absolute atomic E-state index is 13.0. The van der Waals surface area contributed by atoms with Gasteiger partial charge in [-0.05, 0) is 30.0 Å². The first-order chi connectivity index (χ1) is 12.1. The third kappa shape index (κ3) is 4.72. The van der Waals surface area contributed by atoms with Gasteiger partial charge in [0.2, 0.25) is 11.8 Å². The largest absolute Gasteiger partial charge is 0.351 e. The fourth-order valence-electron chi connectivity index (χ4n) is 3.14. The molecule has 0 saturated carbocycles. The molecule has 7 nitrogen and oxygen atoms in total. The molecule has 0 aromatic carbocycles. The first kappa shape index (κ1) is 20.6. The summed E-state index contributed by atoms with van der Waals surface area (Å²) >= 11 is 1.17. The van der Waals surface area contributed by atoms with Crippen LogP contribution in [0.15, 0.2) is 29.0 Å². The van der Waals surface area contributed by atoms with Crippen LogP contribution in [0.2, 0.25) is 0 Å². The van der Waals surface area contributed by atoms with E-state index in [9.17, 15) is 18.0 Å². The van der Waals surface area contributed by atoms with Crippen LogP contribution >= 0.6 is 11.3 Å². The Hall–Kier alpha value is -1.71. The van der Waals surface area contributed by atoms with Gasteiger partial charge in [-0.2, -0.15) is 4.31 Å². The smallest absolute Gasteiger partial charge is 0.252 e. The molecule has 26 heavy (non-hydrogen) atoms. The van der Waals surface area contributed by atoms with Crippen LogP contribution in [0.25, 0.3) is 0 Å². The van der Waals surface area contributed by atoms with E-state index < -0.39 is 10.0 Å². The average Bonchev–Trinajstić information content (AvgIpc) is 3.05. The highest BCUT2D eigenvalue weighted by molar-refractivity contribution is 7.91. The Bertz CT molecular complexity index is 776. The van der Waals surface area contributed by atoms with E-state index in [-0.39, 0.29) is 33.9 Å².